The molecule has 2 aromatic carbocycles. The van der Waals surface area contributed by atoms with Gasteiger partial charge in [-0.2, -0.15) is 5.10 Å². The second-order valence-electron chi connectivity index (χ2n) is 7.16. The molecule has 3 aromatic rings. The number of nitrogens with zero attached hydrogens (tertiary/aromatic N) is 3. The Balaban J connectivity index is 1.80. The minimum Gasteiger partial charge on any atom is -0.326 e. The zero-order chi connectivity index (χ0) is 23.3. The maximum absolute atomic E-state index is 13.5. The molecule has 0 aliphatic heterocycles. The van der Waals surface area contributed by atoms with Crippen molar-refractivity contribution >= 4 is 29.2 Å². The van der Waals surface area contributed by atoms with E-state index in [1.54, 1.807) is 0 Å². The summed E-state index contributed by atoms with van der Waals surface area (Å²) in [6, 6.07) is 9.27. The summed E-state index contributed by atoms with van der Waals surface area (Å²) in [6.07, 6.45) is 0.624. The summed E-state index contributed by atoms with van der Waals surface area (Å²) in [5.41, 5.74) is 3.85. The highest BCUT2D eigenvalue weighted by Crippen LogP contribution is 2.19. The number of carbonyl (C=O) groups excluding carboxylic acids is 1. The fourth-order valence-corrected chi connectivity index (χ4v) is 3.47. The van der Waals surface area contributed by atoms with Crippen LogP contribution in [-0.4, -0.2) is 28.2 Å². The molecule has 0 aliphatic carbocycles. The molecular formula is C23H24ClF2N5O. The third kappa shape index (κ3) is 5.70. The van der Waals surface area contributed by atoms with Gasteiger partial charge in [-0.05, 0) is 75.2 Å². The summed E-state index contributed by atoms with van der Waals surface area (Å²) >= 11 is 5.86. The van der Waals surface area contributed by atoms with Crippen molar-refractivity contribution in [1.82, 2.24) is 15.1 Å². The molecule has 0 unspecified atom stereocenters. The zero-order valence-electron chi connectivity index (χ0n) is 18.0. The predicted octanol–water partition coefficient (Wildman–Crippen LogP) is 4.89. The quantitative estimate of drug-likeness (QED) is 0.407. The molecule has 0 atom stereocenters. The topological polar surface area (TPSA) is 71.3 Å². The van der Waals surface area contributed by atoms with Crippen LogP contribution in [0.4, 0.5) is 14.5 Å². The van der Waals surface area contributed by atoms with Crippen LogP contribution < -0.4 is 10.6 Å². The van der Waals surface area contributed by atoms with Gasteiger partial charge in [0.05, 0.1) is 10.7 Å². The number of benzene rings is 2. The van der Waals surface area contributed by atoms with Gasteiger partial charge in [-0.3, -0.25) is 19.8 Å². The van der Waals surface area contributed by atoms with E-state index < -0.39 is 17.5 Å². The average molecular weight is 460 g/mol. The number of guanidine groups is 1. The molecular weight excluding hydrogens is 436 g/mol. The molecule has 1 heterocycles. The molecule has 2 N–H and O–H groups in total. The average Bonchev–Trinajstić information content (AvgIpc) is 3.04. The number of rotatable bonds is 6. The van der Waals surface area contributed by atoms with E-state index >= 15 is 0 Å². The smallest absolute Gasteiger partial charge is 0.257 e. The lowest BCUT2D eigenvalue weighted by molar-refractivity contribution is 0.0977. The van der Waals surface area contributed by atoms with E-state index in [0.29, 0.717) is 18.7 Å². The first-order valence-corrected chi connectivity index (χ1v) is 10.5. The summed E-state index contributed by atoms with van der Waals surface area (Å²) < 4.78 is 28.6. The number of anilines is 1. The predicted molar refractivity (Wildman–Crippen MR) is 122 cm³/mol. The zero-order valence-corrected chi connectivity index (χ0v) is 18.8. The maximum Gasteiger partial charge on any atom is 0.257 e. The van der Waals surface area contributed by atoms with Gasteiger partial charge in [0, 0.05) is 30.0 Å². The van der Waals surface area contributed by atoms with Crippen LogP contribution in [0.3, 0.4) is 0 Å². The number of aromatic nitrogens is 2. The molecule has 1 amide bonds. The van der Waals surface area contributed by atoms with Gasteiger partial charge in [-0.15, -0.1) is 0 Å². The largest absolute Gasteiger partial charge is 0.326 e. The number of aliphatic imine (C=N–C) groups is 1. The lowest BCUT2D eigenvalue weighted by atomic mass is 10.1. The molecule has 1 aromatic heterocycles. The van der Waals surface area contributed by atoms with E-state index in [9.17, 15) is 13.6 Å². The monoisotopic (exact) mass is 459 g/mol. The number of carbonyl (C=O) groups is 1. The van der Waals surface area contributed by atoms with Gasteiger partial charge in [0.2, 0.25) is 5.96 Å². The van der Waals surface area contributed by atoms with Crippen LogP contribution >= 0.6 is 11.6 Å². The van der Waals surface area contributed by atoms with Gasteiger partial charge in [0.1, 0.15) is 11.6 Å². The first-order chi connectivity index (χ1) is 15.3. The Morgan fingerprint density at radius 1 is 1.16 bits per heavy atom. The Kier molecular flexibility index (Phi) is 7.58. The highest BCUT2D eigenvalue weighted by molar-refractivity contribution is 6.31. The number of hydrogen-bond acceptors (Lipinski definition) is 3. The molecule has 9 heteroatoms. The second kappa shape index (κ2) is 10.4. The first-order valence-electron chi connectivity index (χ1n) is 10.1. The molecule has 0 aliphatic rings. The molecule has 0 bridgehead atoms. The Morgan fingerprint density at radius 2 is 1.88 bits per heavy atom. The fourth-order valence-electron chi connectivity index (χ4n) is 3.29. The van der Waals surface area contributed by atoms with Crippen LogP contribution in [0.1, 0.15) is 34.2 Å². The van der Waals surface area contributed by atoms with E-state index in [-0.39, 0.29) is 16.5 Å². The molecule has 3 rings (SSSR count). The number of halogens is 3. The van der Waals surface area contributed by atoms with Crippen molar-refractivity contribution in [2.24, 2.45) is 4.99 Å². The van der Waals surface area contributed by atoms with Crippen molar-refractivity contribution in [2.75, 3.05) is 11.9 Å². The fraction of sp³-hybridized carbons (Fsp3) is 0.261. The third-order valence-corrected chi connectivity index (χ3v) is 5.27. The van der Waals surface area contributed by atoms with Gasteiger partial charge in [-0.1, -0.05) is 11.6 Å². The van der Waals surface area contributed by atoms with E-state index in [1.807, 2.05) is 25.5 Å². The molecule has 0 saturated heterocycles. The van der Waals surface area contributed by atoms with Gasteiger partial charge < -0.3 is 5.32 Å². The molecule has 168 valence electrons. The first kappa shape index (κ1) is 23.4. The minimum atomic E-state index is -0.551. The van der Waals surface area contributed by atoms with E-state index in [1.165, 1.54) is 42.5 Å². The Morgan fingerprint density at radius 3 is 2.50 bits per heavy atom. The molecule has 0 fully saturated rings. The Bertz CT molecular complexity index is 1140. The highest BCUT2D eigenvalue weighted by Gasteiger charge is 2.13. The lowest BCUT2D eigenvalue weighted by Gasteiger charge is -2.12. The van der Waals surface area contributed by atoms with Crippen LogP contribution in [0.15, 0.2) is 47.5 Å². The number of hydrogen-bond donors (Lipinski definition) is 2. The van der Waals surface area contributed by atoms with Crippen molar-refractivity contribution in [3.63, 3.8) is 0 Å². The van der Waals surface area contributed by atoms with Crippen molar-refractivity contribution < 1.29 is 13.6 Å². The highest BCUT2D eigenvalue weighted by atomic mass is 35.5. The molecule has 0 radical (unpaired) electrons. The molecule has 0 spiro atoms. The van der Waals surface area contributed by atoms with Crippen molar-refractivity contribution in [3.8, 4) is 0 Å². The normalized spacial score (nSPS) is 11.5. The summed E-state index contributed by atoms with van der Waals surface area (Å²) in [7, 11) is 0. The van der Waals surface area contributed by atoms with Gasteiger partial charge in [-0.25, -0.2) is 8.78 Å². The van der Waals surface area contributed by atoms with Crippen molar-refractivity contribution in [1.29, 1.82) is 0 Å². The number of aryl methyl sites for hydroxylation is 2. The van der Waals surface area contributed by atoms with Crippen LogP contribution in [-0.2, 0) is 13.0 Å². The maximum atomic E-state index is 13.5. The van der Waals surface area contributed by atoms with Gasteiger partial charge in [0.25, 0.3) is 5.91 Å². The van der Waals surface area contributed by atoms with Crippen molar-refractivity contribution in [2.45, 2.75) is 33.7 Å². The van der Waals surface area contributed by atoms with Crippen LogP contribution in [0.2, 0.25) is 5.02 Å². The number of amides is 1. The van der Waals surface area contributed by atoms with Crippen LogP contribution in [0.5, 0.6) is 0 Å². The van der Waals surface area contributed by atoms with Crippen molar-refractivity contribution in [3.05, 3.63) is 81.6 Å². The Labute approximate surface area is 190 Å². The van der Waals surface area contributed by atoms with E-state index in [2.05, 4.69) is 20.7 Å². The summed E-state index contributed by atoms with van der Waals surface area (Å²) in [5.74, 6) is -1.28. The SMILES string of the molecule is CCn1nc(C)c(CCN=C(NC(=O)c2ccc(F)cc2)Nc2ccc(F)c(Cl)c2)c1C. The second-order valence-corrected chi connectivity index (χ2v) is 7.57. The van der Waals surface area contributed by atoms with E-state index in [4.69, 9.17) is 11.6 Å². The summed E-state index contributed by atoms with van der Waals surface area (Å²) in [4.78, 5) is 17.1. The molecule has 32 heavy (non-hydrogen) atoms. The van der Waals surface area contributed by atoms with Gasteiger partial charge in [0.15, 0.2) is 0 Å². The number of nitrogens with one attached hydrogen (secondary N) is 2. The molecule has 0 saturated carbocycles. The standard InChI is InChI=1S/C23H24ClF2N5O/c1-4-31-15(3)19(14(2)30-31)11-12-27-23(28-18-9-10-21(26)20(24)13-18)29-22(32)16-5-7-17(25)8-6-16/h5-10,13H,4,11-12H2,1-3H3,(H2,27,28,29,32). The van der Waals surface area contributed by atoms with Crippen LogP contribution in [0.25, 0.3) is 0 Å². The van der Waals surface area contributed by atoms with Gasteiger partial charge >= 0.3 is 0 Å². The van der Waals surface area contributed by atoms with Crippen LogP contribution in [0, 0.1) is 25.5 Å². The lowest BCUT2D eigenvalue weighted by Crippen LogP contribution is -2.36. The van der Waals surface area contributed by atoms with E-state index in [0.717, 1.165) is 23.5 Å². The molecule has 6 nitrogen and oxygen atoms in total. The Hall–Kier alpha value is -3.26. The summed E-state index contributed by atoms with van der Waals surface area (Å²) in [6.45, 7) is 7.15. The third-order valence-electron chi connectivity index (χ3n) is 4.98. The minimum absolute atomic E-state index is 0.0579. The summed E-state index contributed by atoms with van der Waals surface area (Å²) in [5, 5.41) is 10.1.